The Bertz CT molecular complexity index is 664. The van der Waals surface area contributed by atoms with Gasteiger partial charge in [-0.3, -0.25) is 0 Å². The van der Waals surface area contributed by atoms with Gasteiger partial charge in [0.25, 0.3) is 0 Å². The van der Waals surface area contributed by atoms with Gasteiger partial charge in [0.15, 0.2) is 6.07 Å². The second-order valence-corrected chi connectivity index (χ2v) is 5.85. The van der Waals surface area contributed by atoms with Crippen molar-refractivity contribution in [1.29, 1.82) is 5.26 Å². The lowest BCUT2D eigenvalue weighted by molar-refractivity contribution is -0.333. The molecule has 0 aliphatic carbocycles. The van der Waals surface area contributed by atoms with Gasteiger partial charge in [-0.2, -0.15) is 5.26 Å². The molecule has 5 heteroatoms. The maximum Gasteiger partial charge on any atom is 0.364 e. The highest BCUT2D eigenvalue weighted by Crippen LogP contribution is 2.27. The van der Waals surface area contributed by atoms with Crippen LogP contribution in [0.2, 0.25) is 0 Å². The van der Waals surface area contributed by atoms with Crippen LogP contribution in [-0.2, 0) is 24.7 Å². The van der Waals surface area contributed by atoms with Crippen molar-refractivity contribution < 1.29 is 19.3 Å². The lowest BCUT2D eigenvalue weighted by Gasteiger charge is -2.21. The molecule has 0 spiro atoms. The Morgan fingerprint density at radius 1 is 1.36 bits per heavy atom. The number of hydrogen-bond acceptors (Lipinski definition) is 5. The van der Waals surface area contributed by atoms with Crippen LogP contribution in [0.3, 0.4) is 0 Å². The van der Waals surface area contributed by atoms with Crippen LogP contribution >= 0.6 is 0 Å². The van der Waals surface area contributed by atoms with Crippen molar-refractivity contribution in [1.82, 2.24) is 0 Å². The summed E-state index contributed by atoms with van der Waals surface area (Å²) in [6, 6.07) is 9.51. The molecular weight excluding hydrogens is 282 g/mol. The van der Waals surface area contributed by atoms with Crippen LogP contribution in [0.15, 0.2) is 42.7 Å². The smallest absolute Gasteiger partial charge is 0.364 e. The molecule has 0 fully saturated rings. The molecule has 5 nitrogen and oxygen atoms in total. The number of benzene rings is 1. The van der Waals surface area contributed by atoms with Crippen LogP contribution in [0, 0.1) is 11.3 Å². The maximum absolute atomic E-state index is 11.9. The fourth-order valence-corrected chi connectivity index (χ4v) is 2.04. The monoisotopic (exact) mass is 299 g/mol. The van der Waals surface area contributed by atoms with E-state index in [1.165, 1.54) is 12.2 Å². The van der Waals surface area contributed by atoms with E-state index >= 15 is 0 Å². The molecule has 1 atom stereocenters. The third-order valence-electron chi connectivity index (χ3n) is 3.09. The van der Waals surface area contributed by atoms with Gasteiger partial charge >= 0.3 is 11.8 Å². The van der Waals surface area contributed by atoms with E-state index in [0.29, 0.717) is 0 Å². The van der Waals surface area contributed by atoms with Crippen molar-refractivity contribution in [3.63, 3.8) is 0 Å². The van der Waals surface area contributed by atoms with E-state index in [2.05, 4.69) is 30.5 Å². The molecule has 0 saturated carbocycles. The minimum Gasteiger partial charge on any atom is -0.409 e. The molecule has 1 aliphatic heterocycles. The van der Waals surface area contributed by atoms with Gasteiger partial charge in [-0.05, 0) is 22.6 Å². The normalized spacial score (nSPS) is 20.6. The minimum absolute atomic E-state index is 0.0517. The van der Waals surface area contributed by atoms with Gasteiger partial charge in [0.05, 0.1) is 0 Å². The highest BCUT2D eigenvalue weighted by molar-refractivity contribution is 5.88. The lowest BCUT2D eigenvalue weighted by Crippen LogP contribution is -2.30. The predicted octanol–water partition coefficient (Wildman–Crippen LogP) is 3.24. The van der Waals surface area contributed by atoms with Crippen molar-refractivity contribution in [3.05, 3.63) is 53.8 Å². The van der Waals surface area contributed by atoms with Gasteiger partial charge in [0.1, 0.15) is 6.26 Å². The van der Waals surface area contributed by atoms with E-state index in [9.17, 15) is 4.79 Å². The first-order valence-corrected chi connectivity index (χ1v) is 6.80. The molecular formula is C17H17NO4. The van der Waals surface area contributed by atoms with E-state index in [0.717, 1.165) is 17.4 Å². The zero-order chi connectivity index (χ0) is 16.2. The van der Waals surface area contributed by atoms with E-state index in [1.54, 1.807) is 12.1 Å². The van der Waals surface area contributed by atoms with Crippen molar-refractivity contribution >= 4 is 12.0 Å². The Kier molecular flexibility index (Phi) is 4.34. The van der Waals surface area contributed by atoms with Gasteiger partial charge in [-0.15, -0.1) is 4.89 Å². The number of carbonyl (C=O) groups excluding carboxylic acids is 1. The van der Waals surface area contributed by atoms with Gasteiger partial charge in [0.2, 0.25) is 0 Å². The van der Waals surface area contributed by atoms with Crippen molar-refractivity contribution in [2.45, 2.75) is 32.0 Å². The first-order chi connectivity index (χ1) is 10.4. The quantitative estimate of drug-likeness (QED) is 0.487. The summed E-state index contributed by atoms with van der Waals surface area (Å²) >= 11 is 0. The van der Waals surface area contributed by atoms with E-state index in [4.69, 9.17) is 10.00 Å². The number of ether oxygens (including phenoxy) is 1. The molecule has 0 bridgehead atoms. The summed E-state index contributed by atoms with van der Waals surface area (Å²) in [6.07, 6.45) is 5.30. The molecule has 0 N–H and O–H groups in total. The molecule has 0 amide bonds. The minimum atomic E-state index is -1.81. The van der Waals surface area contributed by atoms with E-state index in [1.807, 2.05) is 24.3 Å². The van der Waals surface area contributed by atoms with E-state index < -0.39 is 11.8 Å². The fraction of sp³-hybridized carbons (Fsp3) is 0.294. The Labute approximate surface area is 129 Å². The Morgan fingerprint density at radius 2 is 2.09 bits per heavy atom. The lowest BCUT2D eigenvalue weighted by atomic mass is 9.84. The van der Waals surface area contributed by atoms with E-state index in [-0.39, 0.29) is 5.41 Å². The third-order valence-corrected chi connectivity index (χ3v) is 3.09. The second kappa shape index (κ2) is 6.04. The summed E-state index contributed by atoms with van der Waals surface area (Å²) in [4.78, 5) is 21.0. The van der Waals surface area contributed by atoms with Crippen LogP contribution in [0.4, 0.5) is 0 Å². The molecule has 2 rings (SSSR count). The van der Waals surface area contributed by atoms with Crippen molar-refractivity contribution in [2.24, 2.45) is 0 Å². The molecule has 22 heavy (non-hydrogen) atoms. The number of nitriles is 1. The Hall–Kier alpha value is -2.58. The molecule has 1 aromatic carbocycles. The van der Waals surface area contributed by atoms with Crippen LogP contribution < -0.4 is 0 Å². The first-order valence-electron chi connectivity index (χ1n) is 6.80. The van der Waals surface area contributed by atoms with Crippen LogP contribution in [0.25, 0.3) is 6.08 Å². The largest absolute Gasteiger partial charge is 0.409 e. The number of hydrogen-bond donors (Lipinski definition) is 0. The van der Waals surface area contributed by atoms with Gasteiger partial charge in [-0.1, -0.05) is 45.0 Å². The summed E-state index contributed by atoms with van der Waals surface area (Å²) in [5.41, 5.74) is 1.97. The Morgan fingerprint density at radius 3 is 2.68 bits per heavy atom. The average molecular weight is 299 g/mol. The van der Waals surface area contributed by atoms with Gasteiger partial charge < -0.3 is 9.62 Å². The summed E-state index contributed by atoms with van der Waals surface area (Å²) in [5, 5.41) is 8.99. The van der Waals surface area contributed by atoms with Crippen LogP contribution in [0.1, 0.15) is 31.9 Å². The molecule has 1 heterocycles. The number of nitrogens with zero attached hydrogens (tertiary/aromatic N) is 1. The third kappa shape index (κ3) is 3.54. The van der Waals surface area contributed by atoms with Crippen molar-refractivity contribution in [3.8, 4) is 6.07 Å². The topological polar surface area (TPSA) is 68.6 Å². The van der Waals surface area contributed by atoms with Crippen LogP contribution in [-0.4, -0.2) is 11.8 Å². The second-order valence-electron chi connectivity index (χ2n) is 5.85. The summed E-state index contributed by atoms with van der Waals surface area (Å²) in [6.45, 7) is 6.28. The molecule has 0 saturated heterocycles. The number of carbonyl (C=O) groups is 1. The maximum atomic E-state index is 11.9. The van der Waals surface area contributed by atoms with Crippen molar-refractivity contribution in [2.75, 3.05) is 0 Å². The summed E-state index contributed by atoms with van der Waals surface area (Å²) < 4.78 is 4.97. The first kappa shape index (κ1) is 15.8. The molecule has 1 aromatic rings. The summed E-state index contributed by atoms with van der Waals surface area (Å²) in [5.74, 6) is -2.51. The highest BCUT2D eigenvalue weighted by atomic mass is 17.2. The number of esters is 1. The standard InChI is InChI=1S/C17H17NO4/c1-16(2,3)14-7-5-4-6-13(14)8-9-15(19)21-17(12-18)10-11-20-22-17/h4-11H,1-3H3/b9-8+. The predicted molar refractivity (Wildman–Crippen MR) is 79.9 cm³/mol. The fourth-order valence-electron chi connectivity index (χ4n) is 2.04. The molecule has 1 aliphatic rings. The Balaban J connectivity index is 2.15. The van der Waals surface area contributed by atoms with Crippen LogP contribution in [0.5, 0.6) is 0 Å². The molecule has 0 radical (unpaired) electrons. The van der Waals surface area contributed by atoms with Gasteiger partial charge in [0, 0.05) is 12.2 Å². The zero-order valence-electron chi connectivity index (χ0n) is 12.7. The molecule has 0 aromatic heterocycles. The highest BCUT2D eigenvalue weighted by Gasteiger charge is 2.38. The molecule has 1 unspecified atom stereocenters. The van der Waals surface area contributed by atoms with Gasteiger partial charge in [-0.25, -0.2) is 4.79 Å². The zero-order valence-corrected chi connectivity index (χ0v) is 12.7. The average Bonchev–Trinajstić information content (AvgIpc) is 2.93. The molecule has 114 valence electrons. The number of rotatable bonds is 3. The SMILES string of the molecule is CC(C)(C)c1ccccc1/C=C/C(=O)OC1(C#N)C=COO1. The summed E-state index contributed by atoms with van der Waals surface area (Å²) in [7, 11) is 0.